The topological polar surface area (TPSA) is 76.2 Å². The minimum Gasteiger partial charge on any atom is -0.493 e. The molecule has 3 aromatic rings. The molecule has 1 aliphatic heterocycles. The quantitative estimate of drug-likeness (QED) is 0.702. The van der Waals surface area contributed by atoms with E-state index in [-0.39, 0.29) is 11.8 Å². The largest absolute Gasteiger partial charge is 0.493 e. The van der Waals surface area contributed by atoms with Crippen LogP contribution in [0.25, 0.3) is 0 Å². The van der Waals surface area contributed by atoms with Gasteiger partial charge in [-0.25, -0.2) is 0 Å². The summed E-state index contributed by atoms with van der Waals surface area (Å²) >= 11 is 0. The van der Waals surface area contributed by atoms with Gasteiger partial charge >= 0.3 is 0 Å². The van der Waals surface area contributed by atoms with Crippen molar-refractivity contribution < 1.29 is 14.3 Å². The van der Waals surface area contributed by atoms with E-state index in [4.69, 9.17) is 9.47 Å². The number of anilines is 1. The van der Waals surface area contributed by atoms with Crippen LogP contribution in [0, 0.1) is 13.8 Å². The van der Waals surface area contributed by atoms with Crippen molar-refractivity contribution in [3.8, 4) is 11.5 Å². The number of nitrogens with one attached hydrogen (secondary N) is 2. The van der Waals surface area contributed by atoms with Crippen LogP contribution >= 0.6 is 0 Å². The van der Waals surface area contributed by atoms with E-state index in [2.05, 4.69) is 34.6 Å². The fraction of sp³-hybridized carbons (Fsp3) is 0.273. The highest BCUT2D eigenvalue weighted by Crippen LogP contribution is 2.40. The van der Waals surface area contributed by atoms with E-state index in [0.717, 1.165) is 22.4 Å². The molecule has 1 amide bonds. The summed E-state index contributed by atoms with van der Waals surface area (Å²) in [5, 5.41) is 9.99. The number of rotatable bonds is 5. The van der Waals surface area contributed by atoms with Gasteiger partial charge < -0.3 is 14.8 Å². The first-order valence-electron chi connectivity index (χ1n) is 9.26. The number of benzene rings is 2. The Balaban J connectivity index is 1.60. The molecule has 2 aromatic carbocycles. The number of ether oxygens (including phenoxy) is 2. The second-order valence-electron chi connectivity index (χ2n) is 7.10. The first-order valence-corrected chi connectivity index (χ1v) is 9.26. The third kappa shape index (κ3) is 3.45. The van der Waals surface area contributed by atoms with Crippen LogP contribution in [-0.4, -0.2) is 23.2 Å². The predicted octanol–water partition coefficient (Wildman–Crippen LogP) is 4.09. The number of fused-ring (bicyclic) bond motifs is 1. The van der Waals surface area contributed by atoms with Gasteiger partial charge in [0.25, 0.3) is 0 Å². The maximum atomic E-state index is 12.1. The average molecular weight is 377 g/mol. The zero-order valence-corrected chi connectivity index (χ0v) is 16.2. The molecule has 6 nitrogen and oxygen atoms in total. The van der Waals surface area contributed by atoms with Gasteiger partial charge in [0, 0.05) is 23.6 Å². The van der Waals surface area contributed by atoms with Crippen molar-refractivity contribution in [2.75, 3.05) is 12.4 Å². The number of aromatic nitrogens is 2. The Morgan fingerprint density at radius 2 is 2.00 bits per heavy atom. The minimum atomic E-state index is -0.0674. The number of aryl methyl sites for hydroxylation is 2. The van der Waals surface area contributed by atoms with E-state index in [1.807, 2.05) is 37.3 Å². The molecule has 2 heterocycles. The highest BCUT2D eigenvalue weighted by Gasteiger charge is 2.30. The summed E-state index contributed by atoms with van der Waals surface area (Å²) in [6, 6.07) is 14.1. The van der Waals surface area contributed by atoms with Crippen molar-refractivity contribution in [2.24, 2.45) is 0 Å². The van der Waals surface area contributed by atoms with E-state index in [9.17, 15) is 4.79 Å². The number of nitrogens with zero attached hydrogens (tertiary/aromatic N) is 1. The van der Waals surface area contributed by atoms with Crippen LogP contribution in [-0.2, 0) is 11.4 Å². The molecule has 1 aliphatic rings. The maximum Gasteiger partial charge on any atom is 0.226 e. The summed E-state index contributed by atoms with van der Waals surface area (Å²) < 4.78 is 11.6. The van der Waals surface area contributed by atoms with Gasteiger partial charge in [0.1, 0.15) is 6.61 Å². The molecule has 0 fully saturated rings. The highest BCUT2D eigenvalue weighted by molar-refractivity contribution is 5.94. The third-order valence-corrected chi connectivity index (χ3v) is 5.06. The molecular formula is C22H23N3O3. The van der Waals surface area contributed by atoms with Gasteiger partial charge in [-0.3, -0.25) is 9.89 Å². The van der Waals surface area contributed by atoms with Crippen LogP contribution in [0.2, 0.25) is 0 Å². The van der Waals surface area contributed by atoms with Crippen LogP contribution in [0.1, 0.15) is 40.3 Å². The summed E-state index contributed by atoms with van der Waals surface area (Å²) in [5.74, 6) is 1.83. The number of amides is 1. The van der Waals surface area contributed by atoms with Crippen molar-refractivity contribution in [1.29, 1.82) is 0 Å². The first-order chi connectivity index (χ1) is 13.5. The van der Waals surface area contributed by atoms with Crippen LogP contribution < -0.4 is 14.8 Å². The number of carbonyl (C=O) groups excluding carboxylic acids is 1. The zero-order chi connectivity index (χ0) is 19.7. The van der Waals surface area contributed by atoms with E-state index in [1.165, 1.54) is 5.56 Å². The van der Waals surface area contributed by atoms with E-state index >= 15 is 0 Å². The van der Waals surface area contributed by atoms with Gasteiger partial charge in [-0.1, -0.05) is 35.9 Å². The molecule has 144 valence electrons. The van der Waals surface area contributed by atoms with Gasteiger partial charge in [0.15, 0.2) is 17.3 Å². The lowest BCUT2D eigenvalue weighted by Crippen LogP contribution is -2.23. The lowest BCUT2D eigenvalue weighted by atomic mass is 9.85. The smallest absolute Gasteiger partial charge is 0.226 e. The predicted molar refractivity (Wildman–Crippen MR) is 107 cm³/mol. The Bertz CT molecular complexity index is 1030. The van der Waals surface area contributed by atoms with Crippen LogP contribution in [0.15, 0.2) is 42.5 Å². The molecule has 1 aromatic heterocycles. The molecule has 6 heteroatoms. The Hall–Kier alpha value is -3.28. The van der Waals surface area contributed by atoms with E-state index in [1.54, 1.807) is 7.11 Å². The van der Waals surface area contributed by atoms with Crippen LogP contribution in [0.5, 0.6) is 11.5 Å². The second kappa shape index (κ2) is 7.38. The average Bonchev–Trinajstić information content (AvgIpc) is 3.06. The molecule has 28 heavy (non-hydrogen) atoms. The number of hydrogen-bond donors (Lipinski definition) is 2. The molecule has 1 unspecified atom stereocenters. The lowest BCUT2D eigenvalue weighted by molar-refractivity contribution is -0.116. The summed E-state index contributed by atoms with van der Waals surface area (Å²) in [7, 11) is 1.63. The summed E-state index contributed by atoms with van der Waals surface area (Å²) in [4.78, 5) is 12.1. The van der Waals surface area contributed by atoms with Crippen LogP contribution in [0.4, 0.5) is 5.82 Å². The number of methoxy groups -OCH3 is 1. The molecule has 0 saturated carbocycles. The van der Waals surface area contributed by atoms with Crippen molar-refractivity contribution in [2.45, 2.75) is 32.8 Å². The molecule has 2 N–H and O–H groups in total. The molecule has 4 rings (SSSR count). The first kappa shape index (κ1) is 18.1. The monoisotopic (exact) mass is 377 g/mol. The van der Waals surface area contributed by atoms with Gasteiger partial charge in [-0.05, 0) is 37.1 Å². The van der Waals surface area contributed by atoms with Gasteiger partial charge in [-0.15, -0.1) is 0 Å². The van der Waals surface area contributed by atoms with Gasteiger partial charge in [0.05, 0.1) is 7.11 Å². The molecule has 0 saturated heterocycles. The third-order valence-electron chi connectivity index (χ3n) is 5.06. The van der Waals surface area contributed by atoms with E-state index < -0.39 is 0 Å². The number of hydrogen-bond acceptors (Lipinski definition) is 4. The van der Waals surface area contributed by atoms with Gasteiger partial charge in [0.2, 0.25) is 5.91 Å². The fourth-order valence-corrected chi connectivity index (χ4v) is 3.70. The zero-order valence-electron chi connectivity index (χ0n) is 16.2. The number of H-pyrrole nitrogens is 1. The molecule has 0 aliphatic carbocycles. The number of carbonyl (C=O) groups is 1. The second-order valence-corrected chi connectivity index (χ2v) is 7.10. The Morgan fingerprint density at radius 3 is 2.79 bits per heavy atom. The molecule has 1 atom stereocenters. The molecule has 0 bridgehead atoms. The van der Waals surface area contributed by atoms with Gasteiger partial charge in [-0.2, -0.15) is 5.10 Å². The molecule has 0 spiro atoms. The standard InChI is InChI=1S/C22H23N3O3/c1-13-5-4-6-15(9-13)12-28-18-8-7-16(10-19(18)27-3)17-11-20(26)23-22-21(17)14(2)24-25-22/h4-10,17H,11-12H2,1-3H3,(H2,23,24,25,26). The summed E-state index contributed by atoms with van der Waals surface area (Å²) in [6.07, 6.45) is 0.375. The fourth-order valence-electron chi connectivity index (χ4n) is 3.70. The van der Waals surface area contributed by atoms with Crippen molar-refractivity contribution in [3.05, 3.63) is 70.4 Å². The van der Waals surface area contributed by atoms with Crippen LogP contribution in [0.3, 0.4) is 0 Å². The number of aromatic amines is 1. The summed E-state index contributed by atoms with van der Waals surface area (Å²) in [6.45, 7) is 4.49. The van der Waals surface area contributed by atoms with E-state index in [0.29, 0.717) is 30.3 Å². The van der Waals surface area contributed by atoms with Crippen molar-refractivity contribution in [1.82, 2.24) is 10.2 Å². The van der Waals surface area contributed by atoms with Crippen molar-refractivity contribution >= 4 is 11.7 Å². The lowest BCUT2D eigenvalue weighted by Gasteiger charge is -2.23. The van der Waals surface area contributed by atoms with Crippen molar-refractivity contribution in [3.63, 3.8) is 0 Å². The maximum absolute atomic E-state index is 12.1. The Labute approximate surface area is 163 Å². The molecular weight excluding hydrogens is 354 g/mol. The normalized spacial score (nSPS) is 15.7. The Morgan fingerprint density at radius 1 is 1.14 bits per heavy atom. The summed E-state index contributed by atoms with van der Waals surface area (Å²) in [5.41, 5.74) is 5.29. The molecule has 0 radical (unpaired) electrons. The SMILES string of the molecule is COc1cc(C2CC(=O)Nc3n[nH]c(C)c32)ccc1OCc1cccc(C)c1. The minimum absolute atomic E-state index is 0.0391. The Kier molecular flexibility index (Phi) is 4.77. The highest BCUT2D eigenvalue weighted by atomic mass is 16.5.